The predicted molar refractivity (Wildman–Crippen MR) is 169 cm³/mol. The van der Waals surface area contributed by atoms with Crippen LogP contribution in [0.5, 0.6) is 0 Å². The van der Waals surface area contributed by atoms with Gasteiger partial charge in [0, 0.05) is 5.92 Å². The van der Waals surface area contributed by atoms with Gasteiger partial charge in [0.15, 0.2) is 0 Å². The number of unbranched alkanes of at least 4 members (excludes halogenated alkanes) is 3. The van der Waals surface area contributed by atoms with Crippen LogP contribution in [0.4, 0.5) is 0 Å². The van der Waals surface area contributed by atoms with Crippen LogP contribution in [0, 0.1) is 5.92 Å². The Morgan fingerprint density at radius 3 is 1.77 bits per heavy atom. The van der Waals surface area contributed by atoms with Crippen LogP contribution >= 0.6 is 0 Å². The lowest BCUT2D eigenvalue weighted by Gasteiger charge is -2.34. The lowest BCUT2D eigenvalue weighted by atomic mass is 9.83. The molecular formula is C38H49NO. The van der Waals surface area contributed by atoms with Crippen LogP contribution in [0.25, 0.3) is 0 Å². The number of benzene rings is 3. The van der Waals surface area contributed by atoms with Crippen LogP contribution in [0.3, 0.4) is 0 Å². The van der Waals surface area contributed by atoms with Crippen LogP contribution in [-0.2, 0) is 4.79 Å². The van der Waals surface area contributed by atoms with E-state index in [-0.39, 0.29) is 18.0 Å². The van der Waals surface area contributed by atoms with Crippen LogP contribution in [0.2, 0.25) is 0 Å². The van der Waals surface area contributed by atoms with Gasteiger partial charge in [-0.25, -0.2) is 0 Å². The van der Waals surface area contributed by atoms with Gasteiger partial charge in [-0.15, -0.1) is 0 Å². The van der Waals surface area contributed by atoms with Gasteiger partial charge >= 0.3 is 0 Å². The predicted octanol–water partition coefficient (Wildman–Crippen LogP) is 10.6. The highest BCUT2D eigenvalue weighted by Gasteiger charge is 2.40. The molecule has 40 heavy (non-hydrogen) atoms. The zero-order chi connectivity index (χ0) is 28.2. The van der Waals surface area contributed by atoms with Crippen molar-refractivity contribution >= 4 is 5.91 Å². The molecule has 4 atom stereocenters. The zero-order valence-corrected chi connectivity index (χ0v) is 25.0. The van der Waals surface area contributed by atoms with Crippen LogP contribution in [0.1, 0.15) is 120 Å². The Bertz CT molecular complexity index is 1120. The van der Waals surface area contributed by atoms with E-state index in [1.165, 1.54) is 41.5 Å². The summed E-state index contributed by atoms with van der Waals surface area (Å²) in [6, 6.07) is 32.6. The maximum Gasteiger partial charge on any atom is 0.230 e. The van der Waals surface area contributed by atoms with Gasteiger partial charge in [0.25, 0.3) is 0 Å². The van der Waals surface area contributed by atoms with Gasteiger partial charge in [0.05, 0.1) is 18.0 Å². The van der Waals surface area contributed by atoms with Crippen molar-refractivity contribution in [1.82, 2.24) is 4.90 Å². The fourth-order valence-electron chi connectivity index (χ4n) is 6.66. The molecule has 0 bridgehead atoms. The van der Waals surface area contributed by atoms with Crippen molar-refractivity contribution in [3.63, 3.8) is 0 Å². The SMILES string of the molecule is CCCCCC[C@H](/C=C(/CC)[C@@H](CCC)c1ccccc1)C(=O)N1[C@H](c2ccccc2)CC[C@H]1c1ccccc1. The lowest BCUT2D eigenvalue weighted by molar-refractivity contribution is -0.137. The van der Waals surface area contributed by atoms with Gasteiger partial charge in [-0.05, 0) is 48.8 Å². The first kappa shape index (κ1) is 29.8. The van der Waals surface area contributed by atoms with Crippen molar-refractivity contribution < 1.29 is 4.79 Å². The number of carbonyl (C=O) groups is 1. The summed E-state index contributed by atoms with van der Waals surface area (Å²) in [5.74, 6) is 0.590. The molecule has 0 unspecified atom stereocenters. The number of amides is 1. The average Bonchev–Trinajstić information content (AvgIpc) is 3.46. The van der Waals surface area contributed by atoms with E-state index in [1.807, 2.05) is 0 Å². The topological polar surface area (TPSA) is 20.3 Å². The monoisotopic (exact) mass is 535 g/mol. The molecule has 0 aromatic heterocycles. The number of nitrogens with zero attached hydrogens (tertiary/aromatic N) is 1. The van der Waals surface area contributed by atoms with Gasteiger partial charge in [-0.1, -0.05) is 156 Å². The van der Waals surface area contributed by atoms with Gasteiger partial charge < -0.3 is 4.90 Å². The molecule has 0 N–H and O–H groups in total. The van der Waals surface area contributed by atoms with Crippen molar-refractivity contribution in [1.29, 1.82) is 0 Å². The summed E-state index contributed by atoms with van der Waals surface area (Å²) in [6.07, 6.45) is 13.3. The highest BCUT2D eigenvalue weighted by atomic mass is 16.2. The molecule has 1 saturated heterocycles. The summed E-state index contributed by atoms with van der Waals surface area (Å²) >= 11 is 0. The highest BCUT2D eigenvalue weighted by molar-refractivity contribution is 5.82. The molecule has 1 aliphatic heterocycles. The smallest absolute Gasteiger partial charge is 0.230 e. The van der Waals surface area contributed by atoms with Crippen LogP contribution < -0.4 is 0 Å². The number of likely N-dealkylation sites (tertiary alicyclic amines) is 1. The van der Waals surface area contributed by atoms with Gasteiger partial charge in [0.2, 0.25) is 5.91 Å². The van der Waals surface area contributed by atoms with E-state index in [4.69, 9.17) is 0 Å². The molecule has 4 rings (SSSR count). The summed E-state index contributed by atoms with van der Waals surface area (Å²) in [4.78, 5) is 17.1. The number of hydrogen-bond donors (Lipinski definition) is 0. The second-order valence-electron chi connectivity index (χ2n) is 11.5. The van der Waals surface area contributed by atoms with Crippen molar-refractivity contribution in [2.45, 2.75) is 103 Å². The van der Waals surface area contributed by atoms with E-state index in [1.54, 1.807) is 0 Å². The molecular weight excluding hydrogens is 486 g/mol. The second-order valence-corrected chi connectivity index (χ2v) is 11.5. The normalized spacial score (nSPS) is 19.0. The first-order valence-electron chi connectivity index (χ1n) is 15.8. The largest absolute Gasteiger partial charge is 0.328 e. The average molecular weight is 536 g/mol. The first-order chi connectivity index (χ1) is 19.7. The van der Waals surface area contributed by atoms with E-state index in [0.29, 0.717) is 11.8 Å². The molecule has 0 spiro atoms. The Morgan fingerprint density at radius 1 is 0.725 bits per heavy atom. The second kappa shape index (κ2) is 15.6. The standard InChI is InChI=1S/C38H49NO/c1-4-7-8-12-26-34(29-30(6-3)35(19-5-2)31-20-13-9-14-21-31)38(40)39-36(32-22-15-10-16-23-32)27-28-37(39)33-24-17-11-18-25-33/h9-11,13-18,20-25,29,34-37H,4-8,12,19,26-28H2,1-3H3/b30-29-/t34-,35-,36+,37+/m1/s1. The Hall–Kier alpha value is -3.13. The summed E-state index contributed by atoms with van der Waals surface area (Å²) in [6.45, 7) is 6.80. The Morgan fingerprint density at radius 2 is 1.27 bits per heavy atom. The molecule has 3 aromatic rings. The molecule has 1 aliphatic rings. The number of carbonyl (C=O) groups excluding carboxylic acids is 1. The molecule has 1 heterocycles. The summed E-state index contributed by atoms with van der Waals surface area (Å²) < 4.78 is 0. The van der Waals surface area contributed by atoms with Gasteiger partial charge in [-0.3, -0.25) is 4.79 Å². The third kappa shape index (κ3) is 7.53. The minimum atomic E-state index is -0.0922. The highest BCUT2D eigenvalue weighted by Crippen LogP contribution is 2.45. The minimum absolute atomic E-state index is 0.0922. The molecule has 212 valence electrons. The van der Waals surface area contributed by atoms with Crippen molar-refractivity contribution in [3.05, 3.63) is 119 Å². The quantitative estimate of drug-likeness (QED) is 0.148. The molecule has 1 amide bonds. The molecule has 1 fully saturated rings. The first-order valence-corrected chi connectivity index (χ1v) is 15.8. The lowest BCUT2D eigenvalue weighted by Crippen LogP contribution is -2.37. The Balaban J connectivity index is 1.73. The maximum atomic E-state index is 14.8. The molecule has 0 saturated carbocycles. The van der Waals surface area contributed by atoms with Crippen molar-refractivity contribution in [2.24, 2.45) is 5.92 Å². The zero-order valence-electron chi connectivity index (χ0n) is 25.0. The van der Waals surface area contributed by atoms with Crippen molar-refractivity contribution in [3.8, 4) is 0 Å². The molecule has 3 aromatic carbocycles. The fourth-order valence-corrected chi connectivity index (χ4v) is 6.66. The number of allylic oxidation sites excluding steroid dienone is 1. The third-order valence-corrected chi connectivity index (χ3v) is 8.74. The van der Waals surface area contributed by atoms with Gasteiger partial charge in [-0.2, -0.15) is 0 Å². The molecule has 2 heteroatoms. The Labute approximate surface area is 243 Å². The summed E-state index contributed by atoms with van der Waals surface area (Å²) in [7, 11) is 0. The van der Waals surface area contributed by atoms with E-state index >= 15 is 0 Å². The summed E-state index contributed by atoms with van der Waals surface area (Å²) in [5, 5.41) is 0. The van der Waals surface area contributed by atoms with Gasteiger partial charge in [0.1, 0.15) is 0 Å². The Kier molecular flexibility index (Phi) is 11.6. The molecule has 0 aliphatic carbocycles. The molecule has 2 nitrogen and oxygen atoms in total. The van der Waals surface area contributed by atoms with E-state index in [2.05, 4.69) is 123 Å². The molecule has 0 radical (unpaired) electrons. The number of rotatable bonds is 14. The minimum Gasteiger partial charge on any atom is -0.328 e. The summed E-state index contributed by atoms with van der Waals surface area (Å²) in [5.41, 5.74) is 5.31. The van der Waals surface area contributed by atoms with E-state index in [9.17, 15) is 4.79 Å². The van der Waals surface area contributed by atoms with E-state index in [0.717, 1.165) is 44.9 Å². The number of hydrogen-bond acceptors (Lipinski definition) is 1. The maximum absolute atomic E-state index is 14.8. The third-order valence-electron chi connectivity index (χ3n) is 8.74. The van der Waals surface area contributed by atoms with Crippen LogP contribution in [0.15, 0.2) is 103 Å². The fraction of sp³-hybridized carbons (Fsp3) is 0.447. The van der Waals surface area contributed by atoms with Crippen LogP contribution in [-0.4, -0.2) is 10.8 Å². The van der Waals surface area contributed by atoms with E-state index < -0.39 is 0 Å². The van der Waals surface area contributed by atoms with Crippen molar-refractivity contribution in [2.75, 3.05) is 0 Å².